The average Bonchev–Trinajstić information content (AvgIpc) is 3.18. The minimum Gasteiger partial charge on any atom is -0.375 e. The monoisotopic (exact) mass is 415 g/mol. The van der Waals surface area contributed by atoms with Gasteiger partial charge in [-0.3, -0.25) is 14.9 Å². The molecule has 31 heavy (non-hydrogen) atoms. The molecular weight excluding hydrogens is 390 g/mol. The zero-order valence-corrected chi connectivity index (χ0v) is 17.6. The predicted molar refractivity (Wildman–Crippen MR) is 122 cm³/mol. The van der Waals surface area contributed by atoms with Crippen LogP contribution in [0.15, 0.2) is 67.0 Å². The Hall–Kier alpha value is -3.71. The van der Waals surface area contributed by atoms with Crippen molar-refractivity contribution >= 4 is 22.5 Å². The number of ether oxygens (including phenoxy) is 1. The summed E-state index contributed by atoms with van der Waals surface area (Å²) in [5.74, 6) is -0.152. The maximum absolute atomic E-state index is 11.9. The Morgan fingerprint density at radius 1 is 1.10 bits per heavy atom. The normalized spacial score (nSPS) is 11.9. The fourth-order valence-corrected chi connectivity index (χ4v) is 3.54. The van der Waals surface area contributed by atoms with Gasteiger partial charge in [0.05, 0.1) is 22.9 Å². The van der Waals surface area contributed by atoms with Crippen molar-refractivity contribution in [2.45, 2.75) is 13.0 Å². The van der Waals surface area contributed by atoms with E-state index in [9.17, 15) is 4.79 Å². The quantitative estimate of drug-likeness (QED) is 0.407. The minimum atomic E-state index is -0.152. The molecule has 4 aromatic rings. The van der Waals surface area contributed by atoms with Gasteiger partial charge in [0.15, 0.2) is 0 Å². The number of H-pyrrole nitrogens is 1. The maximum Gasteiger partial charge on any atom is 0.246 e. The Labute approximate surface area is 180 Å². The number of carbonyl (C=O) groups is 1. The fourth-order valence-electron chi connectivity index (χ4n) is 3.54. The lowest BCUT2D eigenvalue weighted by Crippen LogP contribution is -2.33. The molecule has 0 aliphatic heterocycles. The van der Waals surface area contributed by atoms with Gasteiger partial charge in [-0.2, -0.15) is 5.10 Å². The van der Waals surface area contributed by atoms with Gasteiger partial charge >= 0.3 is 0 Å². The Morgan fingerprint density at radius 3 is 2.74 bits per heavy atom. The summed E-state index contributed by atoms with van der Waals surface area (Å²) in [6.45, 7) is 2.45. The molecule has 0 saturated carbocycles. The number of pyridine rings is 1. The summed E-state index contributed by atoms with van der Waals surface area (Å²) in [7, 11) is 1.51. The summed E-state index contributed by atoms with van der Waals surface area (Å²) in [4.78, 5) is 16.3. The third-order valence-electron chi connectivity index (χ3n) is 5.15. The van der Waals surface area contributed by atoms with Crippen LogP contribution in [0.4, 0.5) is 5.69 Å². The van der Waals surface area contributed by atoms with Crippen LogP contribution >= 0.6 is 0 Å². The summed E-state index contributed by atoms with van der Waals surface area (Å²) in [5.41, 5.74) is 5.99. The van der Waals surface area contributed by atoms with Crippen LogP contribution in [0.3, 0.4) is 0 Å². The first-order valence-electron chi connectivity index (χ1n) is 10.1. The number of aryl methyl sites for hydroxylation is 1. The largest absolute Gasteiger partial charge is 0.375 e. The number of methoxy groups -OCH3 is 1. The van der Waals surface area contributed by atoms with Gasteiger partial charge in [-0.1, -0.05) is 36.4 Å². The molecule has 1 unspecified atom stereocenters. The molecule has 158 valence electrons. The first-order chi connectivity index (χ1) is 15.1. The summed E-state index contributed by atoms with van der Waals surface area (Å²) in [6.07, 6.45) is 3.64. The number of benzene rings is 2. The van der Waals surface area contributed by atoms with E-state index in [2.05, 4.69) is 44.0 Å². The molecule has 1 amide bonds. The van der Waals surface area contributed by atoms with Gasteiger partial charge in [0.1, 0.15) is 6.61 Å². The van der Waals surface area contributed by atoms with Gasteiger partial charge in [0.25, 0.3) is 0 Å². The highest BCUT2D eigenvalue weighted by atomic mass is 16.5. The topological polar surface area (TPSA) is 91.9 Å². The molecule has 7 nitrogen and oxygen atoms in total. The molecular formula is C24H25N5O2. The molecule has 2 aromatic carbocycles. The molecule has 0 radical (unpaired) electrons. The fraction of sp³-hybridized carbons (Fsp3) is 0.208. The van der Waals surface area contributed by atoms with Crippen molar-refractivity contribution in [3.63, 3.8) is 0 Å². The highest BCUT2D eigenvalue weighted by Gasteiger charge is 2.14. The van der Waals surface area contributed by atoms with Crippen molar-refractivity contribution in [2.24, 2.45) is 0 Å². The van der Waals surface area contributed by atoms with Crippen LogP contribution < -0.4 is 10.6 Å². The number of hydrogen-bond acceptors (Lipinski definition) is 5. The average molecular weight is 415 g/mol. The number of carbonyl (C=O) groups excluding carboxylic acids is 1. The second-order valence-corrected chi connectivity index (χ2v) is 7.38. The van der Waals surface area contributed by atoms with Crippen LogP contribution in [0.2, 0.25) is 0 Å². The smallest absolute Gasteiger partial charge is 0.246 e. The lowest BCUT2D eigenvalue weighted by atomic mass is 10.0. The predicted octanol–water partition coefficient (Wildman–Crippen LogP) is 3.85. The molecule has 1 atom stereocenters. The lowest BCUT2D eigenvalue weighted by Gasteiger charge is -2.21. The van der Waals surface area contributed by atoms with Crippen molar-refractivity contribution in [1.82, 2.24) is 20.5 Å². The van der Waals surface area contributed by atoms with E-state index in [4.69, 9.17) is 4.74 Å². The number of amides is 1. The van der Waals surface area contributed by atoms with Gasteiger partial charge in [-0.05, 0) is 36.2 Å². The van der Waals surface area contributed by atoms with Crippen LogP contribution in [0, 0.1) is 6.92 Å². The van der Waals surface area contributed by atoms with Crippen LogP contribution in [-0.2, 0) is 9.53 Å². The molecule has 7 heteroatoms. The van der Waals surface area contributed by atoms with Crippen molar-refractivity contribution in [3.8, 4) is 11.1 Å². The summed E-state index contributed by atoms with van der Waals surface area (Å²) in [5, 5.41) is 14.8. The standard InChI is InChI=1S/C24H25N5O2/c1-16-21-11-18(8-9-22(21)29-28-16)19-10-20(13-25-12-19)27-23(14-26-24(30)15-31-2)17-6-4-3-5-7-17/h3-13,23,27H,14-15H2,1-2H3,(H,26,30)(H,28,29). The minimum absolute atomic E-state index is 0.0362. The Morgan fingerprint density at radius 2 is 1.94 bits per heavy atom. The number of nitrogens with zero attached hydrogens (tertiary/aromatic N) is 2. The van der Waals surface area contributed by atoms with Crippen molar-refractivity contribution < 1.29 is 9.53 Å². The lowest BCUT2D eigenvalue weighted by molar-refractivity contribution is -0.124. The number of rotatable bonds is 8. The highest BCUT2D eigenvalue weighted by Crippen LogP contribution is 2.27. The zero-order valence-electron chi connectivity index (χ0n) is 17.6. The second-order valence-electron chi connectivity index (χ2n) is 7.38. The van der Waals surface area contributed by atoms with E-state index in [1.165, 1.54) is 7.11 Å². The number of fused-ring (bicyclic) bond motifs is 1. The first kappa shape index (κ1) is 20.6. The molecule has 2 heterocycles. The third kappa shape index (κ3) is 4.90. The summed E-state index contributed by atoms with van der Waals surface area (Å²) >= 11 is 0. The van der Waals surface area contributed by atoms with Crippen molar-refractivity contribution in [3.05, 3.63) is 78.2 Å². The Bertz CT molecular complexity index is 1170. The van der Waals surface area contributed by atoms with Crippen LogP contribution in [0.5, 0.6) is 0 Å². The van der Waals surface area contributed by atoms with Crippen LogP contribution in [0.1, 0.15) is 17.3 Å². The molecule has 2 aromatic heterocycles. The van der Waals surface area contributed by atoms with Gasteiger partial charge in [0.2, 0.25) is 5.91 Å². The molecule has 0 fully saturated rings. The van der Waals surface area contributed by atoms with Gasteiger partial charge in [-0.15, -0.1) is 0 Å². The van der Waals surface area contributed by atoms with Gasteiger partial charge in [-0.25, -0.2) is 0 Å². The number of nitrogens with one attached hydrogen (secondary N) is 3. The van der Waals surface area contributed by atoms with Crippen LogP contribution in [-0.4, -0.2) is 41.3 Å². The maximum atomic E-state index is 11.9. The molecule has 0 saturated heterocycles. The van der Waals surface area contributed by atoms with E-state index in [1.807, 2.05) is 49.5 Å². The highest BCUT2D eigenvalue weighted by molar-refractivity contribution is 5.86. The Balaban J connectivity index is 1.58. The number of aromatic nitrogens is 3. The zero-order chi connectivity index (χ0) is 21.6. The van der Waals surface area contributed by atoms with E-state index >= 15 is 0 Å². The first-order valence-corrected chi connectivity index (χ1v) is 10.1. The van der Waals surface area contributed by atoms with E-state index < -0.39 is 0 Å². The third-order valence-corrected chi connectivity index (χ3v) is 5.15. The number of aromatic amines is 1. The van der Waals surface area contributed by atoms with Crippen molar-refractivity contribution in [2.75, 3.05) is 25.6 Å². The molecule has 0 aliphatic carbocycles. The van der Waals surface area contributed by atoms with Gasteiger partial charge in [0, 0.05) is 37.0 Å². The van der Waals surface area contributed by atoms with E-state index in [0.717, 1.165) is 39.0 Å². The van der Waals surface area contributed by atoms with E-state index in [-0.39, 0.29) is 18.6 Å². The van der Waals surface area contributed by atoms with E-state index in [1.54, 1.807) is 6.20 Å². The molecule has 0 spiro atoms. The Kier molecular flexibility index (Phi) is 6.24. The van der Waals surface area contributed by atoms with Crippen molar-refractivity contribution in [1.29, 1.82) is 0 Å². The molecule has 0 aliphatic rings. The van der Waals surface area contributed by atoms with Crippen LogP contribution in [0.25, 0.3) is 22.0 Å². The summed E-state index contributed by atoms with van der Waals surface area (Å²) in [6, 6.07) is 18.2. The van der Waals surface area contributed by atoms with E-state index in [0.29, 0.717) is 6.54 Å². The number of anilines is 1. The molecule has 3 N–H and O–H groups in total. The SMILES string of the molecule is COCC(=O)NCC(Nc1cncc(-c2ccc3[nH]nc(C)c3c2)c1)c1ccccc1. The molecule has 4 rings (SSSR count). The van der Waals surface area contributed by atoms with Gasteiger partial charge < -0.3 is 15.4 Å². The summed E-state index contributed by atoms with van der Waals surface area (Å²) < 4.78 is 4.91. The second kappa shape index (κ2) is 9.40. The molecule has 0 bridgehead atoms. The number of hydrogen-bond donors (Lipinski definition) is 3.